The van der Waals surface area contributed by atoms with Crippen LogP contribution in [0.2, 0.25) is 0 Å². The van der Waals surface area contributed by atoms with Crippen LogP contribution in [-0.2, 0) is 46.2 Å². The summed E-state index contributed by atoms with van der Waals surface area (Å²) in [6.45, 7) is 2.18. The molecule has 8 heteroatoms. The Balaban J connectivity index is 1.63. The summed E-state index contributed by atoms with van der Waals surface area (Å²) in [5, 5.41) is 0. The molecule has 0 bridgehead atoms. The van der Waals surface area contributed by atoms with Crippen molar-refractivity contribution >= 4 is 23.4 Å². The van der Waals surface area contributed by atoms with Crippen LogP contribution < -0.4 is 0 Å². The molecule has 3 rings (SSSR count). The van der Waals surface area contributed by atoms with Gasteiger partial charge >= 0.3 is 5.97 Å². The highest BCUT2D eigenvalue weighted by molar-refractivity contribution is 6.23. The fourth-order valence-corrected chi connectivity index (χ4v) is 4.27. The molecule has 0 N–H and O–H groups in total. The van der Waals surface area contributed by atoms with Crippen LogP contribution in [0.25, 0.3) is 0 Å². The van der Waals surface area contributed by atoms with Gasteiger partial charge in [-0.05, 0) is 37.3 Å². The first-order valence-corrected chi connectivity index (χ1v) is 10.9. The number of allylic oxidation sites excluding steroid dienone is 2. The molecule has 1 aliphatic carbocycles. The molecule has 1 amide bonds. The average molecular weight is 456 g/mol. The Bertz CT molecular complexity index is 1020. The van der Waals surface area contributed by atoms with E-state index in [4.69, 9.17) is 14.2 Å². The number of Topliss-reactive ketones (excluding diaryl/α,β-unsaturated/α-hetero) is 2. The molecule has 0 spiro atoms. The molecule has 1 aromatic rings. The van der Waals surface area contributed by atoms with E-state index in [1.54, 1.807) is 11.8 Å². The van der Waals surface area contributed by atoms with Crippen molar-refractivity contribution in [3.63, 3.8) is 0 Å². The largest absolute Gasteiger partial charge is 0.489 e. The van der Waals surface area contributed by atoms with Gasteiger partial charge < -0.3 is 19.1 Å². The zero-order chi connectivity index (χ0) is 24.1. The van der Waals surface area contributed by atoms with Crippen LogP contribution in [0, 0.1) is 0 Å². The standard InChI is InChI=1S/C25H29NO7/c1-15-18(22(29)24(32-3)23(31-2)21(15)28)14-17-9-7-16(8-10-17)11-12-20(27)26-13-5-6-19(26)25(30)33-4/h7-10,19H,5-6,11-14H2,1-4H3/t19-/m0/s1. The van der Waals surface area contributed by atoms with Gasteiger partial charge in [0, 0.05) is 30.5 Å². The fourth-order valence-electron chi connectivity index (χ4n) is 4.27. The van der Waals surface area contributed by atoms with Gasteiger partial charge in [0.05, 0.1) is 21.3 Å². The van der Waals surface area contributed by atoms with Crippen molar-refractivity contribution in [3.05, 3.63) is 58.1 Å². The van der Waals surface area contributed by atoms with E-state index in [9.17, 15) is 19.2 Å². The van der Waals surface area contributed by atoms with Gasteiger partial charge in [0.25, 0.3) is 0 Å². The highest BCUT2D eigenvalue weighted by Crippen LogP contribution is 2.28. The number of hydrogen-bond donors (Lipinski definition) is 0. The second-order valence-corrected chi connectivity index (χ2v) is 8.09. The third kappa shape index (κ3) is 4.99. The van der Waals surface area contributed by atoms with Crippen molar-refractivity contribution < 1.29 is 33.4 Å². The zero-order valence-corrected chi connectivity index (χ0v) is 19.4. The molecular weight excluding hydrogens is 426 g/mol. The maximum atomic E-state index is 12.8. The number of likely N-dealkylation sites (tertiary alicyclic amines) is 1. The van der Waals surface area contributed by atoms with Gasteiger partial charge in [0.1, 0.15) is 6.04 Å². The van der Waals surface area contributed by atoms with E-state index in [1.807, 2.05) is 24.3 Å². The molecule has 0 saturated carbocycles. The number of rotatable bonds is 8. The third-order valence-electron chi connectivity index (χ3n) is 6.17. The lowest BCUT2D eigenvalue weighted by atomic mass is 9.88. The topological polar surface area (TPSA) is 99.2 Å². The van der Waals surface area contributed by atoms with Gasteiger partial charge in [0.15, 0.2) is 0 Å². The summed E-state index contributed by atoms with van der Waals surface area (Å²) >= 11 is 0. The van der Waals surface area contributed by atoms with Crippen LogP contribution in [0.15, 0.2) is 46.9 Å². The van der Waals surface area contributed by atoms with E-state index in [1.165, 1.54) is 21.3 Å². The molecule has 33 heavy (non-hydrogen) atoms. The second-order valence-electron chi connectivity index (χ2n) is 8.09. The number of ether oxygens (including phenoxy) is 3. The maximum absolute atomic E-state index is 12.8. The summed E-state index contributed by atoms with van der Waals surface area (Å²) in [5.41, 5.74) is 2.56. The smallest absolute Gasteiger partial charge is 0.328 e. The highest BCUT2D eigenvalue weighted by Gasteiger charge is 2.35. The number of carbonyl (C=O) groups excluding carboxylic acids is 4. The fraction of sp³-hybridized carbons (Fsp3) is 0.440. The Morgan fingerprint density at radius 1 is 0.970 bits per heavy atom. The number of methoxy groups -OCH3 is 3. The molecule has 176 valence electrons. The van der Waals surface area contributed by atoms with Crippen LogP contribution in [-0.4, -0.2) is 62.3 Å². The SMILES string of the molecule is COC(=O)[C@@H]1CCCN1C(=O)CCc1ccc(CC2=C(C)C(=O)C(OC)=C(OC)C2=O)cc1. The molecule has 1 fully saturated rings. The van der Waals surface area contributed by atoms with E-state index >= 15 is 0 Å². The van der Waals surface area contributed by atoms with E-state index in [-0.39, 0.29) is 41.4 Å². The van der Waals surface area contributed by atoms with Gasteiger partial charge in [0.2, 0.25) is 29.0 Å². The summed E-state index contributed by atoms with van der Waals surface area (Å²) in [4.78, 5) is 51.4. The molecule has 2 aliphatic rings. The van der Waals surface area contributed by atoms with Crippen molar-refractivity contribution in [2.75, 3.05) is 27.9 Å². The molecule has 1 heterocycles. The minimum Gasteiger partial charge on any atom is -0.489 e. The minimum absolute atomic E-state index is 0.0631. The monoisotopic (exact) mass is 455 g/mol. The third-order valence-corrected chi connectivity index (χ3v) is 6.17. The van der Waals surface area contributed by atoms with E-state index < -0.39 is 6.04 Å². The molecule has 1 aromatic carbocycles. The van der Waals surface area contributed by atoms with Gasteiger partial charge in [-0.25, -0.2) is 4.79 Å². The zero-order valence-electron chi connectivity index (χ0n) is 19.4. The number of benzene rings is 1. The Hall–Kier alpha value is -3.42. The number of hydrogen-bond acceptors (Lipinski definition) is 7. The van der Waals surface area contributed by atoms with Gasteiger partial charge in [-0.1, -0.05) is 24.3 Å². The van der Waals surface area contributed by atoms with Crippen molar-refractivity contribution in [1.29, 1.82) is 0 Å². The number of amides is 1. The molecule has 1 aliphatic heterocycles. The Morgan fingerprint density at radius 3 is 2.18 bits per heavy atom. The molecule has 1 atom stereocenters. The summed E-state index contributed by atoms with van der Waals surface area (Å²) in [6, 6.07) is 7.09. The number of nitrogens with zero attached hydrogens (tertiary/aromatic N) is 1. The Morgan fingerprint density at radius 2 is 1.58 bits per heavy atom. The van der Waals surface area contributed by atoms with Crippen LogP contribution in [0.4, 0.5) is 0 Å². The lowest BCUT2D eigenvalue weighted by Gasteiger charge is -2.22. The average Bonchev–Trinajstić information content (AvgIpc) is 3.32. The minimum atomic E-state index is -0.484. The molecule has 0 radical (unpaired) electrons. The van der Waals surface area contributed by atoms with E-state index in [0.29, 0.717) is 37.0 Å². The van der Waals surface area contributed by atoms with Crippen LogP contribution in [0.1, 0.15) is 37.3 Å². The molecule has 0 unspecified atom stereocenters. The summed E-state index contributed by atoms with van der Waals surface area (Å²) < 4.78 is 15.0. The predicted octanol–water partition coefficient (Wildman–Crippen LogP) is 2.30. The predicted molar refractivity (Wildman–Crippen MR) is 119 cm³/mol. The van der Waals surface area contributed by atoms with Gasteiger partial charge in [-0.15, -0.1) is 0 Å². The number of esters is 1. The van der Waals surface area contributed by atoms with Crippen LogP contribution >= 0.6 is 0 Å². The summed E-state index contributed by atoms with van der Waals surface area (Å²) in [6.07, 6.45) is 2.55. The first-order chi connectivity index (χ1) is 15.8. The van der Waals surface area contributed by atoms with Crippen LogP contribution in [0.3, 0.4) is 0 Å². The highest BCUT2D eigenvalue weighted by atomic mass is 16.5. The number of ketones is 2. The van der Waals surface area contributed by atoms with E-state index in [2.05, 4.69) is 0 Å². The first kappa shape index (κ1) is 24.2. The number of aryl methyl sites for hydroxylation is 1. The lowest BCUT2D eigenvalue weighted by Crippen LogP contribution is -2.41. The maximum Gasteiger partial charge on any atom is 0.328 e. The quantitative estimate of drug-likeness (QED) is 0.438. The van der Waals surface area contributed by atoms with Crippen molar-refractivity contribution in [2.45, 2.75) is 45.1 Å². The van der Waals surface area contributed by atoms with Crippen LogP contribution in [0.5, 0.6) is 0 Å². The summed E-state index contributed by atoms with van der Waals surface area (Å²) in [7, 11) is 4.01. The van der Waals surface area contributed by atoms with Crippen molar-refractivity contribution in [1.82, 2.24) is 4.90 Å². The Kier molecular flexibility index (Phi) is 7.68. The molecule has 0 aromatic heterocycles. The lowest BCUT2D eigenvalue weighted by molar-refractivity contribution is -0.150. The normalized spacial score (nSPS) is 18.7. The molecule has 1 saturated heterocycles. The summed E-state index contributed by atoms with van der Waals surface area (Å²) in [5.74, 6) is -1.29. The molecular formula is C25H29NO7. The first-order valence-electron chi connectivity index (χ1n) is 10.9. The number of carbonyl (C=O) groups is 4. The van der Waals surface area contributed by atoms with Gasteiger partial charge in [-0.3, -0.25) is 14.4 Å². The molecule has 8 nitrogen and oxygen atoms in total. The van der Waals surface area contributed by atoms with Crippen molar-refractivity contribution in [3.8, 4) is 0 Å². The Labute approximate surface area is 193 Å². The van der Waals surface area contributed by atoms with E-state index in [0.717, 1.165) is 17.5 Å². The van der Waals surface area contributed by atoms with Crippen molar-refractivity contribution in [2.24, 2.45) is 0 Å². The second kappa shape index (κ2) is 10.5. The van der Waals surface area contributed by atoms with Gasteiger partial charge in [-0.2, -0.15) is 0 Å².